The Labute approximate surface area is 155 Å². The largest absolute Gasteiger partial charge is 0.390 e. The van der Waals surface area contributed by atoms with Crippen LogP contribution in [0.25, 0.3) is 5.52 Å². The molecule has 2 aliphatic rings. The molecule has 0 spiro atoms. The summed E-state index contributed by atoms with van der Waals surface area (Å²) in [5.41, 5.74) is 5.03. The molecule has 0 saturated heterocycles. The minimum atomic E-state index is -0.249. The van der Waals surface area contributed by atoms with Crippen molar-refractivity contribution in [2.24, 2.45) is 9.98 Å². The lowest BCUT2D eigenvalue weighted by molar-refractivity contribution is 0.276. The van der Waals surface area contributed by atoms with E-state index in [1.54, 1.807) is 6.07 Å². The van der Waals surface area contributed by atoms with Crippen LogP contribution in [0.15, 0.2) is 57.9 Å². The van der Waals surface area contributed by atoms with E-state index in [0.29, 0.717) is 18.2 Å². The fourth-order valence-corrected chi connectivity index (χ4v) is 3.60. The van der Waals surface area contributed by atoms with Gasteiger partial charge in [0.25, 0.3) is 0 Å². The van der Waals surface area contributed by atoms with Crippen molar-refractivity contribution >= 4 is 17.5 Å². The topological polar surface area (TPSA) is 91.3 Å². The molecule has 1 N–H and O–H groups in total. The normalized spacial score (nSPS) is 18.6. The second kappa shape index (κ2) is 6.12. The fraction of sp³-hybridized carbons (Fsp3) is 0.263. The molecule has 0 aromatic carbocycles. The number of aryl methyl sites for hydroxylation is 1. The zero-order chi connectivity index (χ0) is 18.4. The van der Waals surface area contributed by atoms with Gasteiger partial charge in [-0.3, -0.25) is 0 Å². The summed E-state index contributed by atoms with van der Waals surface area (Å²) in [5, 5.41) is 14.3. The molecule has 0 unspecified atom stereocenters. The van der Waals surface area contributed by atoms with Gasteiger partial charge in [0, 0.05) is 24.9 Å². The zero-order valence-corrected chi connectivity index (χ0v) is 14.7. The van der Waals surface area contributed by atoms with Crippen molar-refractivity contribution in [3.8, 4) is 0 Å². The number of hydrogen-bond acceptors (Lipinski definition) is 7. The first kappa shape index (κ1) is 15.9. The summed E-state index contributed by atoms with van der Waals surface area (Å²) in [6.45, 7) is 2.46. The average Bonchev–Trinajstić information content (AvgIpc) is 3.33. The van der Waals surface area contributed by atoms with Crippen LogP contribution >= 0.6 is 0 Å². The minimum Gasteiger partial charge on any atom is -0.390 e. The van der Waals surface area contributed by atoms with Gasteiger partial charge in [0.05, 0.1) is 29.2 Å². The highest BCUT2D eigenvalue weighted by Gasteiger charge is 2.36. The molecule has 8 nitrogen and oxygen atoms in total. The standard InChI is InChI=1S/C19H17N7O/c1-12-8-13(10-27)23-19(22-12)25-7-5-15-17(21-11-20-15)18(25)16-9-14-4-2-3-6-26(14)24-16/h2-4,6,8-9,18,27H,5,7,10H2,1H3/t18-/m0/s1. The molecule has 5 heterocycles. The fourth-order valence-electron chi connectivity index (χ4n) is 3.60. The maximum atomic E-state index is 9.54. The van der Waals surface area contributed by atoms with Gasteiger partial charge < -0.3 is 10.0 Å². The number of aliphatic hydroxyl groups is 1. The predicted octanol–water partition coefficient (Wildman–Crippen LogP) is 2.28. The third-order valence-corrected chi connectivity index (χ3v) is 4.79. The number of rotatable bonds is 3. The minimum absolute atomic E-state index is 0.127. The highest BCUT2D eigenvalue weighted by atomic mass is 16.3. The number of aliphatic hydroxyl groups excluding tert-OH is 1. The first-order valence-electron chi connectivity index (χ1n) is 8.79. The van der Waals surface area contributed by atoms with Gasteiger partial charge in [-0.2, -0.15) is 15.1 Å². The molecule has 134 valence electrons. The van der Waals surface area contributed by atoms with Gasteiger partial charge >= 0.3 is 0 Å². The molecule has 3 aromatic heterocycles. The molecule has 0 bridgehead atoms. The lowest BCUT2D eigenvalue weighted by Gasteiger charge is -2.34. The van der Waals surface area contributed by atoms with Gasteiger partial charge in [-0.1, -0.05) is 6.07 Å². The number of pyridine rings is 1. The molecule has 5 rings (SSSR count). The highest BCUT2D eigenvalue weighted by Crippen LogP contribution is 2.39. The second-order valence-electron chi connectivity index (χ2n) is 6.60. The number of aliphatic imine (C=N–C) groups is 2. The van der Waals surface area contributed by atoms with Crippen LogP contribution in [-0.4, -0.2) is 37.2 Å². The quantitative estimate of drug-likeness (QED) is 0.775. The maximum absolute atomic E-state index is 9.54. The van der Waals surface area contributed by atoms with Crippen LogP contribution in [0, 0.1) is 6.92 Å². The molecular weight excluding hydrogens is 342 g/mol. The van der Waals surface area contributed by atoms with Crippen LogP contribution in [0.3, 0.4) is 0 Å². The molecule has 1 atom stereocenters. The van der Waals surface area contributed by atoms with E-state index in [1.807, 2.05) is 41.9 Å². The molecule has 0 amide bonds. The summed E-state index contributed by atoms with van der Waals surface area (Å²) in [6, 6.07) is 12.3. The third kappa shape index (κ3) is 2.63. The second-order valence-corrected chi connectivity index (χ2v) is 6.60. The van der Waals surface area contributed by atoms with E-state index in [0.717, 1.165) is 34.7 Å². The SMILES string of the molecule is Cc1cc(CO)nc(N2CCC3=C(N=C=N3)[C@@H]2c2cc3ccccn3n2)n1. The Morgan fingerprint density at radius 1 is 1.22 bits per heavy atom. The lowest BCUT2D eigenvalue weighted by Crippen LogP contribution is -2.36. The van der Waals surface area contributed by atoms with E-state index in [4.69, 9.17) is 5.10 Å². The van der Waals surface area contributed by atoms with Gasteiger partial charge in [0.1, 0.15) is 17.7 Å². The summed E-state index contributed by atoms with van der Waals surface area (Å²) >= 11 is 0. The van der Waals surface area contributed by atoms with Crippen molar-refractivity contribution in [1.82, 2.24) is 19.6 Å². The smallest absolute Gasteiger partial charge is 0.226 e. The summed E-state index contributed by atoms with van der Waals surface area (Å²) in [4.78, 5) is 19.9. The molecule has 27 heavy (non-hydrogen) atoms. The van der Waals surface area contributed by atoms with Crippen LogP contribution in [0.2, 0.25) is 0 Å². The van der Waals surface area contributed by atoms with Crippen molar-refractivity contribution in [2.75, 3.05) is 11.4 Å². The van der Waals surface area contributed by atoms with Crippen LogP contribution in [-0.2, 0) is 6.61 Å². The number of aromatic nitrogens is 4. The molecule has 8 heteroatoms. The Balaban J connectivity index is 1.66. The molecule has 0 radical (unpaired) electrons. The molecule has 3 aromatic rings. The number of hydrogen-bond donors (Lipinski definition) is 1. The summed E-state index contributed by atoms with van der Waals surface area (Å²) in [5.74, 6) is 0.565. The van der Waals surface area contributed by atoms with Crippen LogP contribution < -0.4 is 4.90 Å². The first-order valence-corrected chi connectivity index (χ1v) is 8.79. The van der Waals surface area contributed by atoms with Crippen LogP contribution in [0.5, 0.6) is 0 Å². The molecular formula is C19H17N7O. The molecule has 0 fully saturated rings. The van der Waals surface area contributed by atoms with Crippen molar-refractivity contribution < 1.29 is 5.11 Å². The van der Waals surface area contributed by atoms with Crippen molar-refractivity contribution in [3.63, 3.8) is 0 Å². The highest BCUT2D eigenvalue weighted by molar-refractivity contribution is 5.59. The van der Waals surface area contributed by atoms with Crippen LogP contribution in [0.4, 0.5) is 5.95 Å². The van der Waals surface area contributed by atoms with Gasteiger partial charge in [-0.25, -0.2) is 14.5 Å². The van der Waals surface area contributed by atoms with Crippen LogP contribution in [0.1, 0.15) is 29.5 Å². The van der Waals surface area contributed by atoms with E-state index >= 15 is 0 Å². The molecule has 2 aliphatic heterocycles. The summed E-state index contributed by atoms with van der Waals surface area (Å²) in [7, 11) is 0. The van der Waals surface area contributed by atoms with E-state index in [-0.39, 0.29) is 12.6 Å². The van der Waals surface area contributed by atoms with E-state index in [2.05, 4.69) is 30.9 Å². The Kier molecular flexibility index (Phi) is 3.60. The van der Waals surface area contributed by atoms with Gasteiger partial charge in [0.2, 0.25) is 5.95 Å². The Hall–Kier alpha value is -3.35. The number of fused-ring (bicyclic) bond motifs is 1. The number of anilines is 1. The molecule has 0 aliphatic carbocycles. The predicted molar refractivity (Wildman–Crippen MR) is 99.5 cm³/mol. The van der Waals surface area contributed by atoms with Crippen molar-refractivity contribution in [2.45, 2.75) is 26.0 Å². The Morgan fingerprint density at radius 3 is 3.00 bits per heavy atom. The Morgan fingerprint density at radius 2 is 2.15 bits per heavy atom. The van der Waals surface area contributed by atoms with Crippen molar-refractivity contribution in [3.05, 3.63) is 65.0 Å². The monoisotopic (exact) mass is 359 g/mol. The first-order chi connectivity index (χ1) is 13.2. The van der Waals surface area contributed by atoms with E-state index in [9.17, 15) is 5.11 Å². The molecule has 0 saturated carbocycles. The van der Waals surface area contributed by atoms with E-state index in [1.165, 1.54) is 0 Å². The zero-order valence-electron chi connectivity index (χ0n) is 14.7. The number of nitrogens with zero attached hydrogens (tertiary/aromatic N) is 7. The van der Waals surface area contributed by atoms with Gasteiger partial charge in [0.15, 0.2) is 0 Å². The van der Waals surface area contributed by atoms with Gasteiger partial charge in [-0.05, 0) is 31.2 Å². The third-order valence-electron chi connectivity index (χ3n) is 4.79. The lowest BCUT2D eigenvalue weighted by atomic mass is 10.0. The average molecular weight is 359 g/mol. The summed E-state index contributed by atoms with van der Waals surface area (Å²) < 4.78 is 1.85. The maximum Gasteiger partial charge on any atom is 0.226 e. The van der Waals surface area contributed by atoms with Crippen molar-refractivity contribution in [1.29, 1.82) is 0 Å². The van der Waals surface area contributed by atoms with E-state index < -0.39 is 0 Å². The summed E-state index contributed by atoms with van der Waals surface area (Å²) in [6.07, 6.45) is 2.66. The van der Waals surface area contributed by atoms with Gasteiger partial charge in [-0.15, -0.1) is 0 Å². The Bertz CT molecular complexity index is 1110.